The maximum Gasteiger partial charge on any atom is 0.325 e. The highest BCUT2D eigenvalue weighted by Crippen LogP contribution is 2.34. The summed E-state index contributed by atoms with van der Waals surface area (Å²) >= 11 is 1.54. The first-order valence-electron chi connectivity index (χ1n) is 13.8. The molecule has 11 heteroatoms. The van der Waals surface area contributed by atoms with E-state index in [9.17, 15) is 10.1 Å². The Labute approximate surface area is 249 Å². The standard InChI is InChI=1S/C31H33N7O3S/c1-38(2)15-6-16-40-24-11-9-21(10-12-24)27-17-26-28(22(18-32)19-34-29(26)41-27)33-14-13-25-20-35-31(42-25)37-30(39)36-23-7-4-3-5-8-23/h3-5,7-12,17,19,25H,6,13-16,20H2,1-2H3,(H,33,34)(H2,35,36,37,39). The van der Waals surface area contributed by atoms with Crippen molar-refractivity contribution in [2.45, 2.75) is 18.1 Å². The zero-order valence-corrected chi connectivity index (χ0v) is 24.4. The molecular formula is C31H33N7O3S. The second-order valence-electron chi connectivity index (χ2n) is 10.1. The number of nitriles is 1. The third-order valence-electron chi connectivity index (χ3n) is 6.58. The molecule has 0 saturated heterocycles. The van der Waals surface area contributed by atoms with Gasteiger partial charge in [-0.1, -0.05) is 30.0 Å². The molecule has 1 atom stereocenters. The molecule has 1 aliphatic heterocycles. The van der Waals surface area contributed by atoms with Crippen molar-refractivity contribution >= 4 is 45.4 Å². The number of aliphatic imine (C=N–C) groups is 1. The number of urea groups is 1. The van der Waals surface area contributed by atoms with Gasteiger partial charge in [0.2, 0.25) is 5.71 Å². The number of rotatable bonds is 11. The first-order chi connectivity index (χ1) is 20.5. The summed E-state index contributed by atoms with van der Waals surface area (Å²) in [5, 5.41) is 20.3. The maximum absolute atomic E-state index is 12.3. The first-order valence-corrected chi connectivity index (χ1v) is 14.6. The van der Waals surface area contributed by atoms with E-state index in [0.717, 1.165) is 41.8 Å². The van der Waals surface area contributed by atoms with Gasteiger partial charge in [-0.2, -0.15) is 5.26 Å². The van der Waals surface area contributed by atoms with E-state index >= 15 is 0 Å². The molecule has 1 aliphatic rings. The molecule has 0 radical (unpaired) electrons. The van der Waals surface area contributed by atoms with Crippen molar-refractivity contribution in [2.75, 3.05) is 51.0 Å². The molecule has 1 unspecified atom stereocenters. The summed E-state index contributed by atoms with van der Waals surface area (Å²) in [6, 6.07) is 20.9. The molecular weight excluding hydrogens is 550 g/mol. The van der Waals surface area contributed by atoms with E-state index in [2.05, 4.69) is 36.9 Å². The lowest BCUT2D eigenvalue weighted by Crippen LogP contribution is -2.32. The van der Waals surface area contributed by atoms with Crippen molar-refractivity contribution in [3.63, 3.8) is 0 Å². The SMILES string of the molecule is CN(C)CCCOc1ccc(-c2cc3c(NCCC4CN=C(NC(=O)Nc5ccccc5)S4)c(C#N)cnc3o2)cc1. The third kappa shape index (κ3) is 7.60. The van der Waals surface area contributed by atoms with Crippen molar-refractivity contribution in [1.29, 1.82) is 5.26 Å². The molecule has 4 aromatic rings. The number of amidine groups is 1. The number of para-hydroxylation sites is 1. The van der Waals surface area contributed by atoms with Crippen LogP contribution in [-0.4, -0.2) is 66.7 Å². The van der Waals surface area contributed by atoms with E-state index in [0.29, 0.717) is 47.6 Å². The number of ether oxygens (including phenoxy) is 1. The van der Waals surface area contributed by atoms with Crippen LogP contribution in [0, 0.1) is 11.3 Å². The number of amides is 2. The van der Waals surface area contributed by atoms with Crippen LogP contribution in [0.3, 0.4) is 0 Å². The minimum Gasteiger partial charge on any atom is -0.494 e. The normalized spacial score (nSPS) is 14.4. The van der Waals surface area contributed by atoms with Crippen molar-refractivity contribution in [1.82, 2.24) is 15.2 Å². The number of thioether (sulfide) groups is 1. The van der Waals surface area contributed by atoms with Crippen LogP contribution in [0.4, 0.5) is 16.2 Å². The van der Waals surface area contributed by atoms with Crippen molar-refractivity contribution in [3.8, 4) is 23.1 Å². The van der Waals surface area contributed by atoms with E-state index in [4.69, 9.17) is 9.15 Å². The van der Waals surface area contributed by atoms with Gasteiger partial charge in [0, 0.05) is 29.6 Å². The monoisotopic (exact) mass is 583 g/mol. The fourth-order valence-corrected chi connectivity index (χ4v) is 5.47. The third-order valence-corrected chi connectivity index (χ3v) is 7.75. The number of benzene rings is 2. The van der Waals surface area contributed by atoms with Crippen LogP contribution in [0.2, 0.25) is 0 Å². The minimum absolute atomic E-state index is 0.205. The van der Waals surface area contributed by atoms with E-state index in [1.165, 1.54) is 18.0 Å². The predicted molar refractivity (Wildman–Crippen MR) is 168 cm³/mol. The summed E-state index contributed by atoms with van der Waals surface area (Å²) in [4.78, 5) is 23.3. The number of carbonyl (C=O) groups is 1. The Bertz CT molecular complexity index is 1580. The van der Waals surface area contributed by atoms with Gasteiger partial charge in [-0.15, -0.1) is 0 Å². The average Bonchev–Trinajstić information content (AvgIpc) is 3.63. The lowest BCUT2D eigenvalue weighted by atomic mass is 10.1. The summed E-state index contributed by atoms with van der Waals surface area (Å²) in [6.45, 7) is 2.86. The summed E-state index contributed by atoms with van der Waals surface area (Å²) in [7, 11) is 4.09. The molecule has 0 bridgehead atoms. The quantitative estimate of drug-likeness (QED) is 0.189. The van der Waals surface area contributed by atoms with Crippen LogP contribution in [-0.2, 0) is 0 Å². The van der Waals surface area contributed by atoms with Gasteiger partial charge in [-0.05, 0) is 69.4 Å². The molecule has 2 amide bonds. The summed E-state index contributed by atoms with van der Waals surface area (Å²) in [5.74, 6) is 1.48. The highest BCUT2D eigenvalue weighted by molar-refractivity contribution is 8.14. The van der Waals surface area contributed by atoms with Gasteiger partial charge in [-0.25, -0.2) is 9.78 Å². The van der Waals surface area contributed by atoms with Gasteiger partial charge >= 0.3 is 6.03 Å². The van der Waals surface area contributed by atoms with Crippen LogP contribution in [0.1, 0.15) is 18.4 Å². The van der Waals surface area contributed by atoms with Crippen LogP contribution in [0.5, 0.6) is 5.75 Å². The molecule has 0 fully saturated rings. The van der Waals surface area contributed by atoms with Gasteiger partial charge in [0.15, 0.2) is 5.17 Å². The Morgan fingerprint density at radius 1 is 1.17 bits per heavy atom. The van der Waals surface area contributed by atoms with E-state index < -0.39 is 0 Å². The van der Waals surface area contributed by atoms with Crippen molar-refractivity contribution < 1.29 is 13.9 Å². The fourth-order valence-electron chi connectivity index (χ4n) is 4.47. The number of hydrogen-bond acceptors (Lipinski definition) is 9. The van der Waals surface area contributed by atoms with Crippen LogP contribution >= 0.6 is 11.8 Å². The van der Waals surface area contributed by atoms with Gasteiger partial charge in [0.1, 0.15) is 17.6 Å². The average molecular weight is 584 g/mol. The zero-order valence-electron chi connectivity index (χ0n) is 23.6. The Kier molecular flexibility index (Phi) is 9.59. The number of aromatic nitrogens is 1. The van der Waals surface area contributed by atoms with Crippen molar-refractivity contribution in [3.05, 3.63) is 72.4 Å². The first kappa shape index (κ1) is 29.0. The van der Waals surface area contributed by atoms with Crippen LogP contribution in [0.15, 0.2) is 76.3 Å². The predicted octanol–water partition coefficient (Wildman–Crippen LogP) is 5.79. The largest absolute Gasteiger partial charge is 0.494 e. The molecule has 2 aromatic carbocycles. The Morgan fingerprint density at radius 3 is 2.74 bits per heavy atom. The minimum atomic E-state index is -0.318. The molecule has 216 valence electrons. The lowest BCUT2D eigenvalue weighted by Gasteiger charge is -2.12. The highest BCUT2D eigenvalue weighted by Gasteiger charge is 2.22. The Hall–Kier alpha value is -4.53. The zero-order chi connectivity index (χ0) is 29.3. The number of nitrogens with zero attached hydrogens (tertiary/aromatic N) is 4. The number of nitrogens with one attached hydrogen (secondary N) is 3. The smallest absolute Gasteiger partial charge is 0.325 e. The van der Waals surface area contributed by atoms with Crippen LogP contribution in [0.25, 0.3) is 22.4 Å². The molecule has 0 spiro atoms. The highest BCUT2D eigenvalue weighted by atomic mass is 32.2. The van der Waals surface area contributed by atoms with Crippen molar-refractivity contribution in [2.24, 2.45) is 4.99 Å². The summed E-state index contributed by atoms with van der Waals surface area (Å²) in [5.41, 5.74) is 3.23. The fraction of sp³-hybridized carbons (Fsp3) is 0.290. The van der Waals surface area contributed by atoms with Gasteiger partial charge in [0.25, 0.3) is 0 Å². The molecule has 10 nitrogen and oxygen atoms in total. The van der Waals surface area contributed by atoms with Gasteiger partial charge < -0.3 is 24.7 Å². The molecule has 42 heavy (non-hydrogen) atoms. The van der Waals surface area contributed by atoms with Gasteiger partial charge in [0.05, 0.1) is 36.0 Å². The van der Waals surface area contributed by atoms with Gasteiger partial charge in [-0.3, -0.25) is 10.3 Å². The molecule has 3 N–H and O–H groups in total. The maximum atomic E-state index is 12.3. The topological polar surface area (TPSA) is 128 Å². The Balaban J connectivity index is 1.16. The number of fused-ring (bicyclic) bond motifs is 1. The summed E-state index contributed by atoms with van der Waals surface area (Å²) in [6.07, 6.45) is 3.27. The van der Waals surface area contributed by atoms with Crippen LogP contribution < -0.4 is 20.7 Å². The molecule has 0 saturated carbocycles. The summed E-state index contributed by atoms with van der Waals surface area (Å²) < 4.78 is 11.9. The molecule has 3 heterocycles. The second-order valence-corrected chi connectivity index (χ2v) is 11.4. The van der Waals surface area contributed by atoms with E-state index in [-0.39, 0.29) is 11.3 Å². The molecule has 2 aromatic heterocycles. The number of anilines is 2. The van der Waals surface area contributed by atoms with E-state index in [1.807, 2.05) is 74.8 Å². The molecule has 5 rings (SSSR count). The number of furan rings is 1. The number of pyridine rings is 1. The second kappa shape index (κ2) is 13.9. The van der Waals surface area contributed by atoms with E-state index in [1.54, 1.807) is 0 Å². The lowest BCUT2D eigenvalue weighted by molar-refractivity contribution is 0.256. The number of carbonyl (C=O) groups excluding carboxylic acids is 1. The number of hydrogen-bond donors (Lipinski definition) is 3. The molecule has 0 aliphatic carbocycles. The Morgan fingerprint density at radius 2 is 1.98 bits per heavy atom.